The van der Waals surface area contributed by atoms with E-state index in [9.17, 15) is 0 Å². The number of hydrogen-bond acceptors (Lipinski definition) is 3. The number of nitrogens with zero attached hydrogens (tertiary/aromatic N) is 1. The zero-order valence-corrected chi connectivity index (χ0v) is 12.4. The van der Waals surface area contributed by atoms with E-state index < -0.39 is 0 Å². The summed E-state index contributed by atoms with van der Waals surface area (Å²) in [6, 6.07) is 14.1. The molecule has 2 aromatic carbocycles. The number of anilines is 2. The first-order valence-corrected chi connectivity index (χ1v) is 7.06. The molecule has 0 aliphatic rings. The minimum atomic E-state index is 0.412. The molecular formula is C17H15N3S. The van der Waals surface area contributed by atoms with Gasteiger partial charge in [0.15, 0.2) is 0 Å². The van der Waals surface area contributed by atoms with Gasteiger partial charge in [-0.15, -0.1) is 0 Å². The molecule has 0 unspecified atom stereocenters. The van der Waals surface area contributed by atoms with Crippen molar-refractivity contribution in [2.75, 3.05) is 5.32 Å². The molecule has 0 saturated carbocycles. The van der Waals surface area contributed by atoms with Gasteiger partial charge < -0.3 is 11.1 Å². The van der Waals surface area contributed by atoms with E-state index in [-0.39, 0.29) is 0 Å². The van der Waals surface area contributed by atoms with Crippen LogP contribution in [0.25, 0.3) is 10.8 Å². The predicted molar refractivity (Wildman–Crippen MR) is 92.1 cm³/mol. The van der Waals surface area contributed by atoms with Crippen LogP contribution < -0.4 is 11.1 Å². The summed E-state index contributed by atoms with van der Waals surface area (Å²) in [5.74, 6) is 0. The fourth-order valence-electron chi connectivity index (χ4n) is 2.40. The van der Waals surface area contributed by atoms with Gasteiger partial charge in [-0.25, -0.2) is 0 Å². The molecule has 0 spiro atoms. The van der Waals surface area contributed by atoms with Crippen molar-refractivity contribution in [3.05, 3.63) is 66.0 Å². The van der Waals surface area contributed by atoms with E-state index in [0.717, 1.165) is 33.3 Å². The van der Waals surface area contributed by atoms with Crippen LogP contribution in [0.5, 0.6) is 0 Å². The lowest BCUT2D eigenvalue weighted by Gasteiger charge is -2.12. The zero-order chi connectivity index (χ0) is 14.8. The maximum absolute atomic E-state index is 5.80. The lowest BCUT2D eigenvalue weighted by atomic mass is 10.0. The van der Waals surface area contributed by atoms with Gasteiger partial charge in [0, 0.05) is 22.8 Å². The van der Waals surface area contributed by atoms with Crippen molar-refractivity contribution in [3.63, 3.8) is 0 Å². The van der Waals surface area contributed by atoms with Crippen molar-refractivity contribution in [1.82, 2.24) is 4.98 Å². The third kappa shape index (κ3) is 2.71. The molecule has 3 rings (SSSR count). The number of benzene rings is 2. The molecule has 0 atom stereocenters. The van der Waals surface area contributed by atoms with Crippen LogP contribution in [-0.2, 0) is 0 Å². The SMILES string of the molecule is Cc1cncc(Nc2ccc(C(N)=S)c3ccccc23)c1. The Balaban J connectivity index is 2.12. The maximum atomic E-state index is 5.80. The van der Waals surface area contributed by atoms with Crippen LogP contribution in [0.3, 0.4) is 0 Å². The van der Waals surface area contributed by atoms with Gasteiger partial charge in [-0.1, -0.05) is 36.5 Å². The Morgan fingerprint density at radius 3 is 2.57 bits per heavy atom. The molecule has 0 amide bonds. The summed E-state index contributed by atoms with van der Waals surface area (Å²) >= 11 is 5.13. The Hall–Kier alpha value is -2.46. The Morgan fingerprint density at radius 1 is 1.10 bits per heavy atom. The highest BCUT2D eigenvalue weighted by Gasteiger charge is 2.07. The van der Waals surface area contributed by atoms with Gasteiger partial charge >= 0.3 is 0 Å². The molecule has 0 aliphatic carbocycles. The molecule has 4 heteroatoms. The number of nitrogens with one attached hydrogen (secondary N) is 1. The van der Waals surface area contributed by atoms with Gasteiger partial charge in [0.1, 0.15) is 4.99 Å². The van der Waals surface area contributed by atoms with Crippen LogP contribution in [0.1, 0.15) is 11.1 Å². The summed E-state index contributed by atoms with van der Waals surface area (Å²) in [7, 11) is 0. The van der Waals surface area contributed by atoms with E-state index in [1.54, 1.807) is 0 Å². The summed E-state index contributed by atoms with van der Waals surface area (Å²) in [6.45, 7) is 2.02. The van der Waals surface area contributed by atoms with Crippen molar-refractivity contribution in [2.45, 2.75) is 6.92 Å². The molecule has 3 nitrogen and oxygen atoms in total. The average Bonchev–Trinajstić information content (AvgIpc) is 2.47. The number of rotatable bonds is 3. The lowest BCUT2D eigenvalue weighted by Crippen LogP contribution is -2.10. The molecule has 1 aromatic heterocycles. The van der Waals surface area contributed by atoms with Crippen LogP contribution in [0, 0.1) is 6.92 Å². The van der Waals surface area contributed by atoms with Gasteiger partial charge in [0.05, 0.1) is 11.9 Å². The van der Waals surface area contributed by atoms with E-state index in [1.807, 2.05) is 49.6 Å². The summed E-state index contributed by atoms with van der Waals surface area (Å²) in [6.07, 6.45) is 3.64. The molecule has 0 bridgehead atoms. The summed E-state index contributed by atoms with van der Waals surface area (Å²) in [5, 5.41) is 5.55. The number of pyridine rings is 1. The van der Waals surface area contributed by atoms with Crippen LogP contribution >= 0.6 is 12.2 Å². The number of nitrogens with two attached hydrogens (primary N) is 1. The molecule has 0 aliphatic heterocycles. The van der Waals surface area contributed by atoms with Crippen molar-refractivity contribution >= 4 is 39.4 Å². The van der Waals surface area contributed by atoms with Crippen molar-refractivity contribution in [1.29, 1.82) is 0 Å². The van der Waals surface area contributed by atoms with Gasteiger partial charge in [-0.3, -0.25) is 4.98 Å². The fraction of sp³-hybridized carbons (Fsp3) is 0.0588. The molecule has 21 heavy (non-hydrogen) atoms. The third-order valence-electron chi connectivity index (χ3n) is 3.34. The largest absolute Gasteiger partial charge is 0.389 e. The van der Waals surface area contributed by atoms with E-state index in [1.165, 1.54) is 0 Å². The summed E-state index contributed by atoms with van der Waals surface area (Å²) < 4.78 is 0. The maximum Gasteiger partial charge on any atom is 0.104 e. The topological polar surface area (TPSA) is 50.9 Å². The predicted octanol–water partition coefficient (Wildman–Crippen LogP) is 3.92. The van der Waals surface area contributed by atoms with E-state index in [4.69, 9.17) is 18.0 Å². The second kappa shape index (κ2) is 5.50. The lowest BCUT2D eigenvalue weighted by molar-refractivity contribution is 1.27. The van der Waals surface area contributed by atoms with Crippen LogP contribution in [0.2, 0.25) is 0 Å². The smallest absolute Gasteiger partial charge is 0.104 e. The molecule has 0 fully saturated rings. The highest BCUT2D eigenvalue weighted by molar-refractivity contribution is 7.80. The average molecular weight is 293 g/mol. The second-order valence-corrected chi connectivity index (χ2v) is 5.39. The number of thiocarbonyl (C=S) groups is 1. The number of aryl methyl sites for hydroxylation is 1. The summed E-state index contributed by atoms with van der Waals surface area (Å²) in [4.78, 5) is 4.61. The highest BCUT2D eigenvalue weighted by atomic mass is 32.1. The first-order chi connectivity index (χ1) is 10.1. The van der Waals surface area contributed by atoms with Gasteiger partial charge in [0.2, 0.25) is 0 Å². The summed E-state index contributed by atoms with van der Waals surface area (Å²) in [5.41, 5.74) is 9.79. The molecule has 0 saturated heterocycles. The standard InChI is InChI=1S/C17H15N3S/c1-11-8-12(10-19-9-11)20-16-7-6-15(17(18)21)13-4-2-3-5-14(13)16/h2-10,20H,1H3,(H2,18,21). The molecule has 3 aromatic rings. The number of hydrogen-bond donors (Lipinski definition) is 2. The van der Waals surface area contributed by atoms with Crippen molar-refractivity contribution in [2.24, 2.45) is 5.73 Å². The molecular weight excluding hydrogens is 278 g/mol. The van der Waals surface area contributed by atoms with Crippen molar-refractivity contribution in [3.8, 4) is 0 Å². The molecule has 1 heterocycles. The van der Waals surface area contributed by atoms with Crippen LogP contribution in [0.4, 0.5) is 11.4 Å². The first kappa shape index (κ1) is 13.5. The molecule has 104 valence electrons. The zero-order valence-electron chi connectivity index (χ0n) is 11.6. The van der Waals surface area contributed by atoms with E-state index in [0.29, 0.717) is 4.99 Å². The molecule has 3 N–H and O–H groups in total. The van der Waals surface area contributed by atoms with Crippen molar-refractivity contribution < 1.29 is 0 Å². The Labute approximate surface area is 128 Å². The Morgan fingerprint density at radius 2 is 1.86 bits per heavy atom. The van der Waals surface area contributed by atoms with Crippen LogP contribution in [0.15, 0.2) is 54.9 Å². The second-order valence-electron chi connectivity index (χ2n) is 4.95. The van der Waals surface area contributed by atoms with Gasteiger partial charge in [-0.2, -0.15) is 0 Å². The third-order valence-corrected chi connectivity index (χ3v) is 3.56. The first-order valence-electron chi connectivity index (χ1n) is 6.65. The van der Waals surface area contributed by atoms with E-state index >= 15 is 0 Å². The van der Waals surface area contributed by atoms with Gasteiger partial charge in [0.25, 0.3) is 0 Å². The fourth-order valence-corrected chi connectivity index (χ4v) is 2.58. The van der Waals surface area contributed by atoms with E-state index in [2.05, 4.69) is 22.4 Å². The van der Waals surface area contributed by atoms with Crippen LogP contribution in [-0.4, -0.2) is 9.97 Å². The normalized spacial score (nSPS) is 10.5. The monoisotopic (exact) mass is 293 g/mol. The highest BCUT2D eigenvalue weighted by Crippen LogP contribution is 2.29. The van der Waals surface area contributed by atoms with Gasteiger partial charge in [-0.05, 0) is 36.1 Å². The quantitative estimate of drug-likeness (QED) is 0.719. The Bertz CT molecular complexity index is 827. The number of aromatic nitrogens is 1. The minimum absolute atomic E-state index is 0.412. The Kier molecular flexibility index (Phi) is 3.54. The minimum Gasteiger partial charge on any atom is -0.389 e. The molecule has 0 radical (unpaired) electrons. The number of fused-ring (bicyclic) bond motifs is 1.